The predicted octanol–water partition coefficient (Wildman–Crippen LogP) is 5.08. The average Bonchev–Trinajstić information content (AvgIpc) is 2.86. The number of aryl methyl sites for hydroxylation is 3. The zero-order chi connectivity index (χ0) is 25.2. The van der Waals surface area contributed by atoms with Gasteiger partial charge in [-0.25, -0.2) is 4.98 Å². The molecule has 7 heteroatoms. The Morgan fingerprint density at radius 3 is 2.42 bits per heavy atom. The third kappa shape index (κ3) is 5.08. The summed E-state index contributed by atoms with van der Waals surface area (Å²) in [5.41, 5.74) is 6.25. The van der Waals surface area contributed by atoms with E-state index in [1.807, 2.05) is 32.0 Å². The number of carbonyl (C=O) groups is 1. The van der Waals surface area contributed by atoms with Crippen molar-refractivity contribution in [2.45, 2.75) is 31.7 Å². The molecular formula is C29H29N3O3S. The topological polar surface area (TPSA) is 64.4 Å². The number of ether oxygens (including phenoxy) is 1. The van der Waals surface area contributed by atoms with Crippen molar-refractivity contribution in [2.24, 2.45) is 0 Å². The highest BCUT2D eigenvalue weighted by atomic mass is 32.2. The third-order valence-electron chi connectivity index (χ3n) is 6.30. The highest BCUT2D eigenvalue weighted by Gasteiger charge is 2.21. The van der Waals surface area contributed by atoms with Crippen molar-refractivity contribution in [2.75, 3.05) is 26.3 Å². The van der Waals surface area contributed by atoms with Gasteiger partial charge in [0.05, 0.1) is 29.8 Å². The molecule has 3 aromatic carbocycles. The first-order chi connectivity index (χ1) is 17.4. The summed E-state index contributed by atoms with van der Waals surface area (Å²) in [6.45, 7) is 8.33. The van der Waals surface area contributed by atoms with Gasteiger partial charge in [0, 0.05) is 24.4 Å². The summed E-state index contributed by atoms with van der Waals surface area (Å²) < 4.78 is 7.08. The molecule has 1 aliphatic rings. The molecular weight excluding hydrogens is 470 g/mol. The lowest BCUT2D eigenvalue weighted by Crippen LogP contribution is -2.40. The maximum Gasteiger partial charge on any atom is 0.266 e. The number of hydrogen-bond acceptors (Lipinski definition) is 5. The smallest absolute Gasteiger partial charge is 0.266 e. The van der Waals surface area contributed by atoms with Gasteiger partial charge in [0.2, 0.25) is 0 Å². The van der Waals surface area contributed by atoms with Crippen molar-refractivity contribution in [3.05, 3.63) is 98.8 Å². The number of benzene rings is 3. The van der Waals surface area contributed by atoms with E-state index in [9.17, 15) is 9.59 Å². The average molecular weight is 500 g/mol. The van der Waals surface area contributed by atoms with E-state index in [0.717, 1.165) is 22.4 Å². The predicted molar refractivity (Wildman–Crippen MR) is 144 cm³/mol. The fraction of sp³-hybridized carbons (Fsp3) is 0.276. The zero-order valence-corrected chi connectivity index (χ0v) is 21.6. The molecule has 0 saturated carbocycles. The summed E-state index contributed by atoms with van der Waals surface area (Å²) in [4.78, 5) is 33.6. The van der Waals surface area contributed by atoms with Crippen molar-refractivity contribution in [3.8, 4) is 5.69 Å². The normalized spacial score (nSPS) is 13.8. The van der Waals surface area contributed by atoms with Crippen LogP contribution >= 0.6 is 11.8 Å². The maximum atomic E-state index is 13.8. The number of nitrogens with zero attached hydrogens (tertiary/aromatic N) is 3. The molecule has 1 amide bonds. The fourth-order valence-corrected chi connectivity index (χ4v) is 5.56. The van der Waals surface area contributed by atoms with E-state index in [0.29, 0.717) is 53.7 Å². The minimum atomic E-state index is -0.137. The van der Waals surface area contributed by atoms with Gasteiger partial charge in [-0.15, -0.1) is 0 Å². The molecule has 0 N–H and O–H groups in total. The number of morpholine rings is 1. The molecule has 6 nitrogen and oxygen atoms in total. The Morgan fingerprint density at radius 2 is 1.69 bits per heavy atom. The van der Waals surface area contributed by atoms with E-state index in [1.54, 1.807) is 27.7 Å². The Balaban J connectivity index is 1.61. The van der Waals surface area contributed by atoms with Crippen molar-refractivity contribution < 1.29 is 9.53 Å². The number of rotatable bonds is 5. The highest BCUT2D eigenvalue weighted by molar-refractivity contribution is 7.98. The number of fused-ring (bicyclic) bond motifs is 1. The van der Waals surface area contributed by atoms with Crippen LogP contribution in [0.15, 0.2) is 70.6 Å². The van der Waals surface area contributed by atoms with Gasteiger partial charge in [0.1, 0.15) is 0 Å². The maximum absolute atomic E-state index is 13.8. The van der Waals surface area contributed by atoms with Gasteiger partial charge in [0.25, 0.3) is 11.5 Å². The Morgan fingerprint density at radius 1 is 0.944 bits per heavy atom. The van der Waals surface area contributed by atoms with Crippen LogP contribution in [0.2, 0.25) is 0 Å². The van der Waals surface area contributed by atoms with Crippen molar-refractivity contribution in [1.29, 1.82) is 0 Å². The Labute approximate surface area is 214 Å². The van der Waals surface area contributed by atoms with E-state index in [4.69, 9.17) is 9.72 Å². The monoisotopic (exact) mass is 499 g/mol. The second kappa shape index (κ2) is 10.3. The molecule has 0 spiro atoms. The quantitative estimate of drug-likeness (QED) is 0.283. The number of carbonyl (C=O) groups excluding carboxylic acids is 1. The van der Waals surface area contributed by atoms with Crippen LogP contribution < -0.4 is 5.56 Å². The number of thioether (sulfide) groups is 1. The summed E-state index contributed by atoms with van der Waals surface area (Å²) in [6, 6.07) is 19.7. The van der Waals surface area contributed by atoms with Crippen molar-refractivity contribution in [3.63, 3.8) is 0 Å². The summed E-state index contributed by atoms with van der Waals surface area (Å²) in [6.07, 6.45) is 0. The van der Waals surface area contributed by atoms with Crippen molar-refractivity contribution >= 4 is 28.6 Å². The molecule has 2 heterocycles. The number of amides is 1. The molecule has 1 aromatic heterocycles. The third-order valence-corrected chi connectivity index (χ3v) is 7.31. The van der Waals surface area contributed by atoms with Gasteiger partial charge in [-0.3, -0.25) is 14.2 Å². The lowest BCUT2D eigenvalue weighted by Gasteiger charge is -2.26. The molecule has 1 fully saturated rings. The molecule has 0 bridgehead atoms. The SMILES string of the molecule is Cc1cccc(CSc2nc3cc(C(=O)N4CCOCC4)ccc3c(=O)n2-c2cc(C)cc(C)c2)c1. The molecule has 1 saturated heterocycles. The molecule has 5 rings (SSSR count). The van der Waals surface area contributed by atoms with Crippen LogP contribution in [0.1, 0.15) is 32.6 Å². The van der Waals surface area contributed by atoms with Gasteiger partial charge in [-0.1, -0.05) is 47.7 Å². The fourth-order valence-electron chi connectivity index (χ4n) is 4.60. The largest absolute Gasteiger partial charge is 0.378 e. The second-order valence-corrected chi connectivity index (χ2v) is 10.2. The standard InChI is InChI=1S/C29H29N3O3S/c1-19-5-4-6-22(14-19)18-36-29-30-26-17-23(27(33)31-9-11-35-12-10-31)7-8-25(26)28(34)32(29)24-15-20(2)13-21(3)16-24/h4-8,13-17H,9-12,18H2,1-3H3. The van der Waals surface area contributed by atoms with E-state index >= 15 is 0 Å². The Hall–Kier alpha value is -3.42. The van der Waals surface area contributed by atoms with Gasteiger partial charge < -0.3 is 9.64 Å². The zero-order valence-electron chi connectivity index (χ0n) is 20.8. The summed E-state index contributed by atoms with van der Waals surface area (Å²) in [5.74, 6) is 0.617. The lowest BCUT2D eigenvalue weighted by atomic mass is 10.1. The van der Waals surface area contributed by atoms with Crippen LogP contribution in [0.3, 0.4) is 0 Å². The Kier molecular flexibility index (Phi) is 6.94. The summed E-state index contributed by atoms with van der Waals surface area (Å²) >= 11 is 1.53. The van der Waals surface area contributed by atoms with Crippen LogP contribution in [0.5, 0.6) is 0 Å². The van der Waals surface area contributed by atoms with Crippen LogP contribution in [-0.4, -0.2) is 46.7 Å². The van der Waals surface area contributed by atoms with Gasteiger partial charge in [0.15, 0.2) is 5.16 Å². The molecule has 0 radical (unpaired) electrons. The first-order valence-corrected chi connectivity index (χ1v) is 13.1. The first kappa shape index (κ1) is 24.3. The molecule has 0 atom stereocenters. The van der Waals surface area contributed by atoms with Crippen LogP contribution in [0.25, 0.3) is 16.6 Å². The van der Waals surface area contributed by atoms with E-state index in [2.05, 4.69) is 31.2 Å². The second-order valence-electron chi connectivity index (χ2n) is 9.30. The van der Waals surface area contributed by atoms with Gasteiger partial charge in [-0.2, -0.15) is 0 Å². The highest BCUT2D eigenvalue weighted by Crippen LogP contribution is 2.26. The van der Waals surface area contributed by atoms with Crippen LogP contribution in [-0.2, 0) is 10.5 Å². The molecule has 1 aliphatic heterocycles. The van der Waals surface area contributed by atoms with Gasteiger partial charge >= 0.3 is 0 Å². The minimum absolute atomic E-state index is 0.0607. The van der Waals surface area contributed by atoms with Crippen LogP contribution in [0, 0.1) is 20.8 Å². The minimum Gasteiger partial charge on any atom is -0.378 e. The van der Waals surface area contributed by atoms with Crippen molar-refractivity contribution in [1.82, 2.24) is 14.5 Å². The number of hydrogen-bond donors (Lipinski definition) is 0. The Bertz CT molecular complexity index is 1490. The lowest BCUT2D eigenvalue weighted by molar-refractivity contribution is 0.0303. The molecule has 184 valence electrons. The first-order valence-electron chi connectivity index (χ1n) is 12.1. The summed E-state index contributed by atoms with van der Waals surface area (Å²) in [7, 11) is 0. The molecule has 4 aromatic rings. The van der Waals surface area contributed by atoms with Gasteiger partial charge in [-0.05, 0) is 67.8 Å². The van der Waals surface area contributed by atoms with E-state index in [-0.39, 0.29) is 11.5 Å². The molecule has 36 heavy (non-hydrogen) atoms. The summed E-state index contributed by atoms with van der Waals surface area (Å²) in [5, 5.41) is 1.10. The van der Waals surface area contributed by atoms with E-state index < -0.39 is 0 Å². The molecule has 0 aliphatic carbocycles. The molecule has 0 unspecified atom stereocenters. The number of aromatic nitrogens is 2. The van der Waals surface area contributed by atoms with Crippen LogP contribution in [0.4, 0.5) is 0 Å². The van der Waals surface area contributed by atoms with E-state index in [1.165, 1.54) is 17.3 Å².